The quantitative estimate of drug-likeness (QED) is 0.593. The van der Waals surface area contributed by atoms with Crippen molar-refractivity contribution in [1.82, 2.24) is 19.7 Å². The summed E-state index contributed by atoms with van der Waals surface area (Å²) in [6, 6.07) is 9.60. The molecule has 2 aromatic heterocycles. The zero-order chi connectivity index (χ0) is 18.4. The van der Waals surface area contributed by atoms with Gasteiger partial charge < -0.3 is 14.6 Å². The Balaban J connectivity index is 1.63. The fourth-order valence-electron chi connectivity index (χ4n) is 2.33. The van der Waals surface area contributed by atoms with Gasteiger partial charge in [-0.3, -0.25) is 4.79 Å². The molecular weight excluding hydrogens is 370 g/mol. The molecule has 1 aromatic carbocycles. The van der Waals surface area contributed by atoms with Crippen LogP contribution >= 0.6 is 23.1 Å². The summed E-state index contributed by atoms with van der Waals surface area (Å²) < 4.78 is 7.90. The Bertz CT molecular complexity index is 836. The summed E-state index contributed by atoms with van der Waals surface area (Å²) in [4.78, 5) is 16.1. The van der Waals surface area contributed by atoms with Crippen molar-refractivity contribution < 1.29 is 9.53 Å². The summed E-state index contributed by atoms with van der Waals surface area (Å²) in [5.41, 5.74) is 0. The number of rotatable bonds is 8. The van der Waals surface area contributed by atoms with E-state index in [0.717, 1.165) is 11.6 Å². The average molecular weight is 390 g/mol. The van der Waals surface area contributed by atoms with E-state index in [9.17, 15) is 4.79 Å². The molecule has 1 amide bonds. The Morgan fingerprint density at radius 2 is 2.15 bits per heavy atom. The summed E-state index contributed by atoms with van der Waals surface area (Å²) in [7, 11) is 0. The second-order valence-corrected chi connectivity index (χ2v) is 7.17. The first-order valence-electron chi connectivity index (χ1n) is 8.14. The Labute approximate surface area is 159 Å². The lowest BCUT2D eigenvalue weighted by molar-refractivity contribution is -0.113. The molecule has 0 fully saturated rings. The van der Waals surface area contributed by atoms with Crippen molar-refractivity contribution in [2.75, 3.05) is 11.1 Å². The second kappa shape index (κ2) is 8.81. The number of para-hydroxylation sites is 1. The highest BCUT2D eigenvalue weighted by Crippen LogP contribution is 2.24. The molecule has 7 nitrogen and oxygen atoms in total. The predicted molar refractivity (Wildman–Crippen MR) is 103 cm³/mol. The molecule has 0 saturated carbocycles. The van der Waals surface area contributed by atoms with Crippen molar-refractivity contribution in [3.63, 3.8) is 0 Å². The number of carbonyl (C=O) groups excluding carboxylic acids is 1. The SMILES string of the molecule is CCn1c(SCC(=O)Nc2nccs2)nnc1C(C)Oc1ccccc1. The highest BCUT2D eigenvalue weighted by molar-refractivity contribution is 7.99. The minimum absolute atomic E-state index is 0.120. The van der Waals surface area contributed by atoms with E-state index in [-0.39, 0.29) is 17.8 Å². The molecule has 0 aliphatic heterocycles. The van der Waals surface area contributed by atoms with Gasteiger partial charge in [-0.2, -0.15) is 0 Å². The van der Waals surface area contributed by atoms with Crippen molar-refractivity contribution in [2.45, 2.75) is 31.7 Å². The van der Waals surface area contributed by atoms with Crippen molar-refractivity contribution in [3.8, 4) is 5.75 Å². The lowest BCUT2D eigenvalue weighted by Crippen LogP contribution is -2.15. The smallest absolute Gasteiger partial charge is 0.236 e. The molecule has 0 radical (unpaired) electrons. The third-order valence-electron chi connectivity index (χ3n) is 3.49. The summed E-state index contributed by atoms with van der Waals surface area (Å²) >= 11 is 2.73. The van der Waals surface area contributed by atoms with Gasteiger partial charge in [0.2, 0.25) is 5.91 Å². The van der Waals surface area contributed by atoms with E-state index in [0.29, 0.717) is 16.8 Å². The van der Waals surface area contributed by atoms with Crippen LogP contribution in [-0.4, -0.2) is 31.4 Å². The minimum atomic E-state index is -0.247. The third kappa shape index (κ3) is 4.61. The summed E-state index contributed by atoms with van der Waals surface area (Å²) in [5, 5.41) is 14.3. The second-order valence-electron chi connectivity index (χ2n) is 5.33. The van der Waals surface area contributed by atoms with Gasteiger partial charge in [-0.1, -0.05) is 30.0 Å². The third-order valence-corrected chi connectivity index (χ3v) is 5.15. The number of thiazole rings is 1. The predicted octanol–water partition coefficient (Wildman–Crippen LogP) is 3.63. The van der Waals surface area contributed by atoms with Crippen molar-refractivity contribution in [1.29, 1.82) is 0 Å². The van der Waals surface area contributed by atoms with E-state index < -0.39 is 0 Å². The number of carbonyl (C=O) groups is 1. The maximum Gasteiger partial charge on any atom is 0.236 e. The number of ether oxygens (including phenoxy) is 1. The maximum atomic E-state index is 12.0. The Morgan fingerprint density at radius 3 is 2.85 bits per heavy atom. The molecule has 0 aliphatic rings. The zero-order valence-electron chi connectivity index (χ0n) is 14.5. The maximum absolute atomic E-state index is 12.0. The van der Waals surface area contributed by atoms with Crippen LogP contribution in [0, 0.1) is 0 Å². The van der Waals surface area contributed by atoms with Crippen LogP contribution in [0.3, 0.4) is 0 Å². The molecule has 1 atom stereocenters. The topological polar surface area (TPSA) is 81.9 Å². The number of aromatic nitrogens is 4. The van der Waals surface area contributed by atoms with Crippen molar-refractivity contribution >= 4 is 34.1 Å². The molecule has 9 heteroatoms. The van der Waals surface area contributed by atoms with E-state index in [2.05, 4.69) is 20.5 Å². The molecule has 0 spiro atoms. The lowest BCUT2D eigenvalue weighted by Gasteiger charge is -2.15. The summed E-state index contributed by atoms with van der Waals surface area (Å²) in [6.07, 6.45) is 1.41. The first-order chi connectivity index (χ1) is 12.7. The van der Waals surface area contributed by atoms with Gasteiger partial charge in [-0.15, -0.1) is 21.5 Å². The van der Waals surface area contributed by atoms with Crippen molar-refractivity contribution in [3.05, 3.63) is 47.7 Å². The Kier molecular flexibility index (Phi) is 6.24. The molecule has 0 aliphatic carbocycles. The minimum Gasteiger partial charge on any atom is -0.483 e. The molecule has 3 rings (SSSR count). The standard InChI is InChI=1S/C17H19N5O2S2/c1-3-22-15(12(2)24-13-7-5-4-6-8-13)20-21-17(22)26-11-14(23)19-16-18-9-10-25-16/h4-10,12H,3,11H2,1-2H3,(H,18,19,23). The van der Waals surface area contributed by atoms with Crippen LogP contribution in [0.5, 0.6) is 5.75 Å². The van der Waals surface area contributed by atoms with E-state index in [1.165, 1.54) is 23.1 Å². The lowest BCUT2D eigenvalue weighted by atomic mass is 10.3. The molecule has 1 N–H and O–H groups in total. The van der Waals surface area contributed by atoms with Crippen LogP contribution in [-0.2, 0) is 11.3 Å². The van der Waals surface area contributed by atoms with Crippen molar-refractivity contribution in [2.24, 2.45) is 0 Å². The number of thioether (sulfide) groups is 1. The van der Waals surface area contributed by atoms with Gasteiger partial charge in [-0.05, 0) is 26.0 Å². The molecule has 0 saturated heterocycles. The zero-order valence-corrected chi connectivity index (χ0v) is 16.1. The molecule has 1 unspecified atom stereocenters. The Morgan fingerprint density at radius 1 is 1.35 bits per heavy atom. The van der Waals surface area contributed by atoms with E-state index >= 15 is 0 Å². The molecule has 2 heterocycles. The van der Waals surface area contributed by atoms with Crippen LogP contribution in [0.15, 0.2) is 47.1 Å². The first-order valence-corrected chi connectivity index (χ1v) is 10.0. The number of nitrogens with one attached hydrogen (secondary N) is 1. The number of nitrogens with zero attached hydrogens (tertiary/aromatic N) is 4. The van der Waals surface area contributed by atoms with Gasteiger partial charge in [0, 0.05) is 18.1 Å². The molecule has 0 bridgehead atoms. The van der Waals surface area contributed by atoms with Gasteiger partial charge >= 0.3 is 0 Å². The number of anilines is 1. The van der Waals surface area contributed by atoms with E-state index in [4.69, 9.17) is 4.74 Å². The molecule has 3 aromatic rings. The summed E-state index contributed by atoms with van der Waals surface area (Å²) in [5.74, 6) is 1.64. The first kappa shape index (κ1) is 18.4. The number of hydrogen-bond acceptors (Lipinski definition) is 7. The molecule has 136 valence electrons. The summed E-state index contributed by atoms with van der Waals surface area (Å²) in [6.45, 7) is 4.65. The van der Waals surface area contributed by atoms with Crippen LogP contribution in [0.25, 0.3) is 0 Å². The van der Waals surface area contributed by atoms with Gasteiger partial charge in [0.25, 0.3) is 0 Å². The van der Waals surface area contributed by atoms with Crippen LogP contribution in [0.4, 0.5) is 5.13 Å². The highest BCUT2D eigenvalue weighted by Gasteiger charge is 2.19. The van der Waals surface area contributed by atoms with Gasteiger partial charge in [0.1, 0.15) is 5.75 Å². The number of hydrogen-bond donors (Lipinski definition) is 1. The fourth-order valence-corrected chi connectivity index (χ4v) is 3.69. The van der Waals surface area contributed by atoms with Gasteiger partial charge in [0.05, 0.1) is 5.75 Å². The normalized spacial score (nSPS) is 11.9. The monoisotopic (exact) mass is 389 g/mol. The van der Waals surface area contributed by atoms with Crippen LogP contribution in [0.1, 0.15) is 25.8 Å². The fraction of sp³-hybridized carbons (Fsp3) is 0.294. The van der Waals surface area contributed by atoms with Crippen LogP contribution < -0.4 is 10.1 Å². The number of amides is 1. The average Bonchev–Trinajstić information content (AvgIpc) is 3.30. The van der Waals surface area contributed by atoms with E-state index in [1.54, 1.807) is 6.20 Å². The number of benzene rings is 1. The van der Waals surface area contributed by atoms with Gasteiger partial charge in [0.15, 0.2) is 22.2 Å². The highest BCUT2D eigenvalue weighted by atomic mass is 32.2. The van der Waals surface area contributed by atoms with Crippen LogP contribution in [0.2, 0.25) is 0 Å². The largest absolute Gasteiger partial charge is 0.483 e. The Hall–Kier alpha value is -2.39. The van der Waals surface area contributed by atoms with Gasteiger partial charge in [-0.25, -0.2) is 4.98 Å². The van der Waals surface area contributed by atoms with E-state index in [1.807, 2.05) is 54.1 Å². The molecular formula is C17H19N5O2S2. The molecule has 26 heavy (non-hydrogen) atoms.